The number of nitrogens with one attached hydrogen (secondary N) is 1. The first-order valence-corrected chi connectivity index (χ1v) is 8.73. The smallest absolute Gasteiger partial charge is 0.274 e. The van der Waals surface area contributed by atoms with E-state index in [9.17, 15) is 9.59 Å². The van der Waals surface area contributed by atoms with Crippen molar-refractivity contribution < 1.29 is 14.3 Å². The lowest BCUT2D eigenvalue weighted by molar-refractivity contribution is 0.0494. The van der Waals surface area contributed by atoms with Gasteiger partial charge in [0.1, 0.15) is 5.75 Å². The molecule has 0 atom stereocenters. The van der Waals surface area contributed by atoms with Crippen molar-refractivity contribution in [3.63, 3.8) is 0 Å². The lowest BCUT2D eigenvalue weighted by Crippen LogP contribution is -2.41. The number of para-hydroxylation sites is 1. The summed E-state index contributed by atoms with van der Waals surface area (Å²) in [6.45, 7) is 3.38. The number of benzene rings is 2. The Morgan fingerprint density at radius 3 is 2.42 bits per heavy atom. The zero-order valence-electron chi connectivity index (χ0n) is 14.3. The molecule has 26 heavy (non-hydrogen) atoms. The van der Waals surface area contributed by atoms with Gasteiger partial charge in [-0.15, -0.1) is 0 Å². The normalized spacial score (nSPS) is 11.4. The summed E-state index contributed by atoms with van der Waals surface area (Å²) in [7, 11) is 0. The van der Waals surface area contributed by atoms with E-state index in [0.717, 1.165) is 4.47 Å². The zero-order chi connectivity index (χ0) is 18.9. The fourth-order valence-corrected chi connectivity index (χ4v) is 3.00. The lowest BCUT2D eigenvalue weighted by atomic mass is 10.1. The molecule has 0 spiro atoms. The van der Waals surface area contributed by atoms with Gasteiger partial charge in [-0.3, -0.25) is 19.6 Å². The summed E-state index contributed by atoms with van der Waals surface area (Å²) >= 11 is 3.37. The molecule has 0 radical (unpaired) electrons. The van der Waals surface area contributed by atoms with Crippen LogP contribution in [0, 0.1) is 0 Å². The van der Waals surface area contributed by atoms with Crippen molar-refractivity contribution in [3.8, 4) is 5.75 Å². The number of hydrazine groups is 1. The summed E-state index contributed by atoms with van der Waals surface area (Å²) in [5, 5.41) is 0.642. The number of carbonyl (C=O) groups excluding carboxylic acids is 2. The second-order valence-corrected chi connectivity index (χ2v) is 7.19. The maximum Gasteiger partial charge on any atom is 0.274 e. The molecule has 134 valence electrons. The molecule has 0 saturated carbocycles. The largest absolute Gasteiger partial charge is 0.478 e. The Labute approximate surface area is 159 Å². The van der Waals surface area contributed by atoms with E-state index in [1.165, 1.54) is 10.8 Å². The molecule has 3 aromatic rings. The van der Waals surface area contributed by atoms with Gasteiger partial charge in [0, 0.05) is 16.1 Å². The minimum atomic E-state index is -1.15. The monoisotopic (exact) mass is 415 g/mol. The minimum Gasteiger partial charge on any atom is -0.478 e. The Balaban J connectivity index is 2.01. The average molecular weight is 416 g/mol. The summed E-state index contributed by atoms with van der Waals surface area (Å²) in [6, 6.07) is 14.4. The fourth-order valence-electron chi connectivity index (χ4n) is 2.74. The molecule has 0 aliphatic heterocycles. The number of aromatic nitrogens is 1. The van der Waals surface area contributed by atoms with Crippen molar-refractivity contribution in [2.45, 2.75) is 19.4 Å². The lowest BCUT2D eigenvalue weighted by Gasteiger charge is -2.25. The van der Waals surface area contributed by atoms with E-state index in [4.69, 9.17) is 10.6 Å². The molecule has 6 nitrogen and oxygen atoms in total. The van der Waals surface area contributed by atoms with Crippen LogP contribution in [0.2, 0.25) is 0 Å². The Morgan fingerprint density at radius 2 is 1.77 bits per heavy atom. The molecule has 0 saturated heterocycles. The molecule has 3 N–H and O–H groups in total. The Hall–Kier alpha value is -2.64. The van der Waals surface area contributed by atoms with E-state index in [-0.39, 0.29) is 5.91 Å². The molecule has 7 heteroatoms. The molecule has 2 aromatic carbocycles. The maximum atomic E-state index is 13.1. The van der Waals surface area contributed by atoms with Gasteiger partial charge in [0.25, 0.3) is 11.8 Å². The number of nitrogens with two attached hydrogens (primary N) is 1. The van der Waals surface area contributed by atoms with Gasteiger partial charge in [-0.05, 0) is 44.2 Å². The highest BCUT2D eigenvalue weighted by Crippen LogP contribution is 2.26. The van der Waals surface area contributed by atoms with Crippen molar-refractivity contribution in [1.82, 2.24) is 9.99 Å². The van der Waals surface area contributed by atoms with Crippen LogP contribution in [0.3, 0.4) is 0 Å². The van der Waals surface area contributed by atoms with Gasteiger partial charge >= 0.3 is 0 Å². The summed E-state index contributed by atoms with van der Waals surface area (Å²) in [5.74, 6) is 5.07. The van der Waals surface area contributed by atoms with Crippen molar-refractivity contribution >= 4 is 38.6 Å². The minimum absolute atomic E-state index is 0.298. The molecule has 0 aliphatic rings. The van der Waals surface area contributed by atoms with Crippen molar-refractivity contribution in [2.75, 3.05) is 0 Å². The van der Waals surface area contributed by atoms with Gasteiger partial charge in [-0.2, -0.15) is 0 Å². The molecule has 0 fully saturated rings. The number of hydrogen-bond acceptors (Lipinski definition) is 4. The van der Waals surface area contributed by atoms with E-state index >= 15 is 0 Å². The molecule has 0 unspecified atom stereocenters. The third-order valence-electron chi connectivity index (χ3n) is 4.01. The van der Waals surface area contributed by atoms with Crippen LogP contribution in [-0.4, -0.2) is 22.0 Å². The number of rotatable bonds is 4. The van der Waals surface area contributed by atoms with Crippen LogP contribution in [-0.2, 0) is 0 Å². The van der Waals surface area contributed by atoms with Crippen LogP contribution < -0.4 is 16.0 Å². The molecule has 0 aliphatic carbocycles. The standard InChI is InChI=1S/C19H18BrN3O3/c1-19(2,26-13-9-7-12(20)8-10-13)18(25)23-11-15(17(24)22-21)14-5-3-4-6-16(14)23/h3-11H,21H2,1-2H3,(H,22,24). The van der Waals surface area contributed by atoms with Gasteiger partial charge in [-0.25, -0.2) is 5.84 Å². The van der Waals surface area contributed by atoms with Gasteiger partial charge in [-0.1, -0.05) is 34.1 Å². The Morgan fingerprint density at radius 1 is 1.12 bits per heavy atom. The number of fused-ring (bicyclic) bond motifs is 1. The number of nitrogens with zero attached hydrogens (tertiary/aromatic N) is 1. The first kappa shape index (κ1) is 18.2. The molecular weight excluding hydrogens is 398 g/mol. The summed E-state index contributed by atoms with van der Waals surface area (Å²) in [4.78, 5) is 25.2. The van der Waals surface area contributed by atoms with E-state index in [2.05, 4.69) is 21.4 Å². The number of carbonyl (C=O) groups is 2. The second kappa shape index (κ2) is 6.93. The Bertz CT molecular complexity index is 977. The third kappa shape index (κ3) is 3.36. The third-order valence-corrected chi connectivity index (χ3v) is 4.54. The number of nitrogen functional groups attached to an aromatic ring is 1. The summed E-state index contributed by atoms with van der Waals surface area (Å²) in [6.07, 6.45) is 1.49. The van der Waals surface area contributed by atoms with Crippen LogP contribution >= 0.6 is 15.9 Å². The number of halogens is 1. The predicted octanol–water partition coefficient (Wildman–Crippen LogP) is 3.51. The van der Waals surface area contributed by atoms with E-state index in [1.54, 1.807) is 50.2 Å². The number of hydrogen-bond donors (Lipinski definition) is 2. The Kier molecular flexibility index (Phi) is 4.84. The maximum absolute atomic E-state index is 13.1. The average Bonchev–Trinajstić information content (AvgIpc) is 3.01. The topological polar surface area (TPSA) is 86.3 Å². The van der Waals surface area contributed by atoms with Crippen molar-refractivity contribution in [1.29, 1.82) is 0 Å². The van der Waals surface area contributed by atoms with Crippen LogP contribution in [0.1, 0.15) is 29.0 Å². The van der Waals surface area contributed by atoms with Gasteiger partial charge in [0.05, 0.1) is 11.1 Å². The van der Waals surface area contributed by atoms with E-state index < -0.39 is 11.5 Å². The van der Waals surface area contributed by atoms with Crippen molar-refractivity contribution in [2.24, 2.45) is 5.84 Å². The SMILES string of the molecule is CC(C)(Oc1ccc(Br)cc1)C(=O)n1cc(C(=O)NN)c2ccccc21. The quantitative estimate of drug-likeness (QED) is 0.387. The van der Waals surface area contributed by atoms with Crippen molar-refractivity contribution in [3.05, 3.63) is 64.8 Å². The zero-order valence-corrected chi connectivity index (χ0v) is 15.9. The highest BCUT2D eigenvalue weighted by molar-refractivity contribution is 9.10. The fraction of sp³-hybridized carbons (Fsp3) is 0.158. The highest BCUT2D eigenvalue weighted by Gasteiger charge is 2.33. The van der Waals surface area contributed by atoms with Crippen LogP contribution in [0.4, 0.5) is 0 Å². The molecule has 1 heterocycles. The molecule has 3 rings (SSSR count). The van der Waals surface area contributed by atoms with Gasteiger partial charge in [0.15, 0.2) is 5.60 Å². The van der Waals surface area contributed by atoms with E-state index in [0.29, 0.717) is 22.2 Å². The van der Waals surface area contributed by atoms with Crippen LogP contribution in [0.15, 0.2) is 59.2 Å². The second-order valence-electron chi connectivity index (χ2n) is 6.27. The van der Waals surface area contributed by atoms with Crippen LogP contribution in [0.25, 0.3) is 10.9 Å². The molecule has 0 bridgehead atoms. The first-order chi connectivity index (χ1) is 12.3. The summed E-state index contributed by atoms with van der Waals surface area (Å²) in [5.41, 5.74) is 1.91. The van der Waals surface area contributed by atoms with Gasteiger partial charge < -0.3 is 4.74 Å². The number of amides is 1. The van der Waals surface area contributed by atoms with Gasteiger partial charge in [0.2, 0.25) is 0 Å². The highest BCUT2D eigenvalue weighted by atomic mass is 79.9. The number of ether oxygens (including phenoxy) is 1. The predicted molar refractivity (Wildman–Crippen MR) is 103 cm³/mol. The molecule has 1 amide bonds. The van der Waals surface area contributed by atoms with Crippen LogP contribution in [0.5, 0.6) is 5.75 Å². The molecule has 1 aromatic heterocycles. The molecular formula is C19H18BrN3O3. The van der Waals surface area contributed by atoms with E-state index in [1.807, 2.05) is 12.1 Å². The summed E-state index contributed by atoms with van der Waals surface area (Å²) < 4.78 is 8.25. The first-order valence-electron chi connectivity index (χ1n) is 7.94.